The van der Waals surface area contributed by atoms with E-state index in [9.17, 15) is 9.59 Å². The van der Waals surface area contributed by atoms with E-state index in [1.807, 2.05) is 45.2 Å². The van der Waals surface area contributed by atoms with Crippen LogP contribution in [-0.2, 0) is 19.1 Å². The number of hydrogen-bond acceptors (Lipinski definition) is 6. The average Bonchev–Trinajstić information content (AvgIpc) is 3.12. The van der Waals surface area contributed by atoms with Gasteiger partial charge in [0.05, 0.1) is 42.0 Å². The Kier molecular flexibility index (Phi) is 6.83. The molecule has 1 aliphatic heterocycles. The molecule has 1 unspecified atom stereocenters. The number of aromatic nitrogens is 2. The largest absolute Gasteiger partial charge is 0.466 e. The van der Waals surface area contributed by atoms with Crippen LogP contribution in [0.15, 0.2) is 46.9 Å². The van der Waals surface area contributed by atoms with Gasteiger partial charge in [0, 0.05) is 23.2 Å². The molecule has 7 nitrogen and oxygen atoms in total. The van der Waals surface area contributed by atoms with E-state index < -0.39 is 17.9 Å². The fourth-order valence-electron chi connectivity index (χ4n) is 4.08. The first-order valence-corrected chi connectivity index (χ1v) is 10.7. The summed E-state index contributed by atoms with van der Waals surface area (Å²) in [7, 11) is 1.35. The van der Waals surface area contributed by atoms with Crippen molar-refractivity contribution in [2.24, 2.45) is 0 Å². The summed E-state index contributed by atoms with van der Waals surface area (Å²) in [4.78, 5) is 26.2. The number of carbonyl (C=O) groups excluding carboxylic acids is 2. The maximum atomic E-state index is 13.2. The first kappa shape index (κ1) is 22.6. The minimum Gasteiger partial charge on any atom is -0.466 e. The van der Waals surface area contributed by atoms with Crippen LogP contribution in [0.1, 0.15) is 70.6 Å². The first-order chi connectivity index (χ1) is 14.8. The monoisotopic (exact) mass is 425 g/mol. The molecule has 7 heteroatoms. The molecule has 0 amide bonds. The number of carbonyl (C=O) groups is 2. The molecule has 0 saturated heterocycles. The third kappa shape index (κ3) is 4.22. The van der Waals surface area contributed by atoms with E-state index in [0.717, 1.165) is 29.6 Å². The summed E-state index contributed by atoms with van der Waals surface area (Å²) in [5.74, 6) is -1.46. The summed E-state index contributed by atoms with van der Waals surface area (Å²) < 4.78 is 12.5. The smallest absolute Gasteiger partial charge is 0.336 e. The Morgan fingerprint density at radius 3 is 2.45 bits per heavy atom. The predicted molar refractivity (Wildman–Crippen MR) is 118 cm³/mol. The Bertz CT molecular complexity index is 1060. The fourth-order valence-corrected chi connectivity index (χ4v) is 4.08. The van der Waals surface area contributed by atoms with Gasteiger partial charge in [-0.1, -0.05) is 33.3 Å². The van der Waals surface area contributed by atoms with Gasteiger partial charge in [-0.05, 0) is 38.3 Å². The number of pyridine rings is 1. The summed E-state index contributed by atoms with van der Waals surface area (Å²) in [5, 5.41) is 7.96. The van der Waals surface area contributed by atoms with Crippen LogP contribution in [0.25, 0.3) is 5.52 Å². The molecule has 0 fully saturated rings. The molecule has 31 heavy (non-hydrogen) atoms. The van der Waals surface area contributed by atoms with Crippen LogP contribution in [0.3, 0.4) is 0 Å². The zero-order valence-electron chi connectivity index (χ0n) is 19.1. The van der Waals surface area contributed by atoms with E-state index in [0.29, 0.717) is 29.1 Å². The topological polar surface area (TPSA) is 81.9 Å². The van der Waals surface area contributed by atoms with E-state index >= 15 is 0 Å². The van der Waals surface area contributed by atoms with Crippen LogP contribution in [0.4, 0.5) is 0 Å². The summed E-state index contributed by atoms with van der Waals surface area (Å²) in [6, 6.07) is 5.78. The van der Waals surface area contributed by atoms with Crippen molar-refractivity contribution in [3.8, 4) is 0 Å². The Labute approximate surface area is 183 Å². The van der Waals surface area contributed by atoms with Crippen LogP contribution < -0.4 is 5.32 Å². The lowest BCUT2D eigenvalue weighted by Gasteiger charge is -2.30. The number of nitrogens with one attached hydrogen (secondary N) is 1. The second-order valence-corrected chi connectivity index (χ2v) is 8.10. The van der Waals surface area contributed by atoms with Gasteiger partial charge in [-0.25, -0.2) is 14.1 Å². The molecule has 1 N–H and O–H groups in total. The molecule has 3 rings (SSSR count). The van der Waals surface area contributed by atoms with E-state index in [1.54, 1.807) is 4.52 Å². The Morgan fingerprint density at radius 2 is 1.84 bits per heavy atom. The summed E-state index contributed by atoms with van der Waals surface area (Å²) >= 11 is 0. The van der Waals surface area contributed by atoms with Gasteiger partial charge in [0.25, 0.3) is 0 Å². The molecule has 0 aromatic carbocycles. The van der Waals surface area contributed by atoms with Gasteiger partial charge >= 0.3 is 11.9 Å². The number of allylic oxidation sites excluding steroid dienone is 2. The molecule has 0 aliphatic carbocycles. The highest BCUT2D eigenvalue weighted by Gasteiger charge is 2.41. The van der Waals surface area contributed by atoms with Crippen molar-refractivity contribution in [2.75, 3.05) is 13.7 Å². The molecule has 166 valence electrons. The van der Waals surface area contributed by atoms with Gasteiger partial charge in [0.15, 0.2) is 0 Å². The van der Waals surface area contributed by atoms with Gasteiger partial charge in [-0.2, -0.15) is 5.10 Å². The molecule has 2 aromatic rings. The molecule has 3 heterocycles. The SMILES string of the molecule is CCCCOC(=O)C1=C(C)NC(C)=C(C(=O)OC)C1c1c(C(C)C)nn2ccccc12. The maximum absolute atomic E-state index is 13.2. The van der Waals surface area contributed by atoms with Crippen molar-refractivity contribution in [2.45, 2.75) is 59.3 Å². The predicted octanol–water partition coefficient (Wildman–Crippen LogP) is 4.21. The first-order valence-electron chi connectivity index (χ1n) is 10.7. The lowest BCUT2D eigenvalue weighted by atomic mass is 9.78. The molecule has 1 aliphatic rings. The standard InChI is InChI=1S/C24H31N3O4/c1-7-8-13-31-24(29)19-16(5)25-15(4)18(23(28)30-6)21(19)20-17-11-9-10-12-27(17)26-22(20)14(2)3/h9-12,14,21,25H,7-8,13H2,1-6H3. The van der Waals surface area contributed by atoms with E-state index in [-0.39, 0.29) is 5.92 Å². The fraction of sp³-hybridized carbons (Fsp3) is 0.458. The number of unbranched alkanes of at least 4 members (excludes halogenated alkanes) is 1. The third-order valence-corrected chi connectivity index (χ3v) is 5.56. The van der Waals surface area contributed by atoms with Gasteiger partial charge in [0.2, 0.25) is 0 Å². The molecule has 0 saturated carbocycles. The van der Waals surface area contributed by atoms with Crippen molar-refractivity contribution < 1.29 is 19.1 Å². The van der Waals surface area contributed by atoms with Crippen molar-refractivity contribution in [3.63, 3.8) is 0 Å². The summed E-state index contributed by atoms with van der Waals surface area (Å²) in [5.41, 5.74) is 4.65. The van der Waals surface area contributed by atoms with Crippen LogP contribution in [-0.4, -0.2) is 35.3 Å². The quantitative estimate of drug-likeness (QED) is 0.529. The second kappa shape index (κ2) is 9.37. The van der Waals surface area contributed by atoms with Gasteiger partial charge in [-0.3, -0.25) is 0 Å². The Morgan fingerprint density at radius 1 is 1.16 bits per heavy atom. The highest BCUT2D eigenvalue weighted by molar-refractivity contribution is 6.00. The van der Waals surface area contributed by atoms with Crippen LogP contribution >= 0.6 is 0 Å². The number of nitrogens with zero attached hydrogens (tertiary/aromatic N) is 2. The number of ether oxygens (including phenoxy) is 2. The minimum atomic E-state index is -0.639. The molecule has 0 radical (unpaired) electrons. The molecule has 2 aromatic heterocycles. The van der Waals surface area contributed by atoms with Crippen LogP contribution in [0.2, 0.25) is 0 Å². The van der Waals surface area contributed by atoms with Gasteiger partial charge in [0.1, 0.15) is 0 Å². The number of hydrogen-bond donors (Lipinski definition) is 1. The van der Waals surface area contributed by atoms with E-state index in [1.165, 1.54) is 7.11 Å². The van der Waals surface area contributed by atoms with Crippen molar-refractivity contribution in [1.82, 2.24) is 14.9 Å². The Hall–Kier alpha value is -3.09. The average molecular weight is 426 g/mol. The molecule has 0 spiro atoms. The lowest BCUT2D eigenvalue weighted by molar-refractivity contribution is -0.139. The third-order valence-electron chi connectivity index (χ3n) is 5.56. The van der Waals surface area contributed by atoms with E-state index in [2.05, 4.69) is 19.2 Å². The lowest BCUT2D eigenvalue weighted by Crippen LogP contribution is -2.32. The van der Waals surface area contributed by atoms with Gasteiger partial charge < -0.3 is 14.8 Å². The van der Waals surface area contributed by atoms with Gasteiger partial charge in [-0.15, -0.1) is 0 Å². The number of dihydropyridines is 1. The molecular weight excluding hydrogens is 394 g/mol. The number of esters is 2. The molecule has 1 atom stereocenters. The minimum absolute atomic E-state index is 0.0849. The highest BCUT2D eigenvalue weighted by Crippen LogP contribution is 2.43. The van der Waals surface area contributed by atoms with Crippen molar-refractivity contribution in [1.29, 1.82) is 0 Å². The zero-order chi connectivity index (χ0) is 22.7. The van der Waals surface area contributed by atoms with Crippen molar-refractivity contribution >= 4 is 17.5 Å². The number of rotatable bonds is 7. The van der Waals surface area contributed by atoms with Crippen LogP contribution in [0.5, 0.6) is 0 Å². The van der Waals surface area contributed by atoms with E-state index in [4.69, 9.17) is 14.6 Å². The highest BCUT2D eigenvalue weighted by atomic mass is 16.5. The number of methoxy groups -OCH3 is 1. The van der Waals surface area contributed by atoms with Crippen LogP contribution in [0, 0.1) is 0 Å². The van der Waals surface area contributed by atoms with Crippen molar-refractivity contribution in [3.05, 3.63) is 58.2 Å². The number of fused-ring (bicyclic) bond motifs is 1. The summed E-state index contributed by atoms with van der Waals surface area (Å²) in [6.07, 6.45) is 3.57. The summed E-state index contributed by atoms with van der Waals surface area (Å²) in [6.45, 7) is 10.1. The zero-order valence-corrected chi connectivity index (χ0v) is 19.1. The second-order valence-electron chi connectivity index (χ2n) is 8.10. The Balaban J connectivity index is 2.28. The molecular formula is C24H31N3O4. The normalized spacial score (nSPS) is 16.7. The molecule has 0 bridgehead atoms. The maximum Gasteiger partial charge on any atom is 0.336 e.